The topological polar surface area (TPSA) is 24.7 Å². The lowest BCUT2D eigenvalue weighted by molar-refractivity contribution is 0.811. The zero-order valence-electron chi connectivity index (χ0n) is 65.8. The van der Waals surface area contributed by atoms with Gasteiger partial charge in [0.15, 0.2) is 0 Å². The second-order valence-corrected chi connectivity index (χ2v) is 72.7. The van der Waals surface area contributed by atoms with Gasteiger partial charge in [0.1, 0.15) is 0 Å². The van der Waals surface area contributed by atoms with Gasteiger partial charge >= 0.3 is 0 Å². The van der Waals surface area contributed by atoms with Crippen molar-refractivity contribution in [2.45, 2.75) is 485 Å². The van der Waals surface area contributed by atoms with E-state index in [0.717, 1.165) is 13.1 Å². The average Bonchev–Trinajstić information content (AvgIpc) is 3.48. The maximum absolute atomic E-state index is 5.22. The molecule has 0 amide bonds. The van der Waals surface area contributed by atoms with Crippen molar-refractivity contribution in [2.24, 2.45) is 9.98 Å². The highest BCUT2D eigenvalue weighted by molar-refractivity contribution is 6.84. The molecule has 0 aliphatic carbocycles. The third kappa shape index (κ3) is 37.0. The monoisotopic (exact) mass is 1380 g/mol. The molecule has 10 heteroatoms. The molecule has 0 atom stereocenters. The van der Waals surface area contributed by atoms with Crippen molar-refractivity contribution in [1.82, 2.24) is 0 Å². The fourth-order valence-electron chi connectivity index (χ4n) is 21.8. The van der Waals surface area contributed by atoms with E-state index >= 15 is 0 Å². The average molecular weight is 1380 g/mol. The lowest BCUT2D eigenvalue weighted by Crippen LogP contribution is -2.39. The molecule has 0 aromatic rings. The molecule has 0 aromatic heterocycles. The summed E-state index contributed by atoms with van der Waals surface area (Å²) in [5.74, 6) is 0. The third-order valence-corrected chi connectivity index (χ3v) is 72.5. The molecule has 89 heavy (non-hydrogen) atoms. The van der Waals surface area contributed by atoms with Gasteiger partial charge in [-0.1, -0.05) is 472 Å². The SMILES string of the molecule is CCC[Si](CCC)(CCC)CCC[Si](CCCN=C=NCCC[Si](CCC[Si](CCC)(CCC)CCC)(CCC[Si](CCC)(CCC)CCC)CCC[Si](CCC)(CCC)CCC)(CCC[Si](CCC)(CCC)CCC)CCC[Si](CCC)(CCC)CCC. The second-order valence-electron chi connectivity index (χ2n) is 32.7. The van der Waals surface area contributed by atoms with Crippen LogP contribution in [0.15, 0.2) is 9.98 Å². The Kier molecular flexibility index (Phi) is 55.7. The number of aliphatic imine (C=N–C) groups is 2. The highest BCUT2D eigenvalue weighted by Gasteiger charge is 2.41. The maximum Gasteiger partial charge on any atom is 0.0892 e. The summed E-state index contributed by atoms with van der Waals surface area (Å²) in [4.78, 5) is 10.4. The van der Waals surface area contributed by atoms with Gasteiger partial charge in [-0.05, 0) is 12.8 Å². The molecule has 0 saturated carbocycles. The van der Waals surface area contributed by atoms with E-state index in [1.807, 2.05) is 0 Å². The molecule has 0 saturated heterocycles. The molecule has 0 heterocycles. The van der Waals surface area contributed by atoms with Gasteiger partial charge in [-0.25, -0.2) is 9.98 Å². The van der Waals surface area contributed by atoms with Crippen LogP contribution in [-0.4, -0.2) is 83.7 Å². The zero-order valence-corrected chi connectivity index (χ0v) is 73.8. The van der Waals surface area contributed by atoms with E-state index in [1.54, 1.807) is 232 Å². The van der Waals surface area contributed by atoms with Crippen LogP contribution in [0.2, 0.25) is 193 Å². The van der Waals surface area contributed by atoms with E-state index < -0.39 is 64.6 Å². The fraction of sp³-hybridized carbons (Fsp3) is 0.987. The van der Waals surface area contributed by atoms with Crippen LogP contribution < -0.4 is 0 Å². The van der Waals surface area contributed by atoms with Crippen molar-refractivity contribution in [3.05, 3.63) is 0 Å². The first-order valence-corrected chi connectivity index (χ1v) is 64.7. The van der Waals surface area contributed by atoms with Gasteiger partial charge in [0.2, 0.25) is 0 Å². The summed E-state index contributed by atoms with van der Waals surface area (Å²) >= 11 is 0. The van der Waals surface area contributed by atoms with Gasteiger partial charge in [0.25, 0.3) is 0 Å². The minimum atomic E-state index is -1.56. The van der Waals surface area contributed by atoms with Crippen LogP contribution in [0.25, 0.3) is 0 Å². The van der Waals surface area contributed by atoms with Crippen molar-refractivity contribution in [3.8, 4) is 0 Å². The van der Waals surface area contributed by atoms with Crippen LogP contribution in [0.4, 0.5) is 0 Å². The standard InChI is InChI=1S/C79H174N2Si8/c1-19-47-82(48-20-2,49-21-3)67-39-73-88(74-40-68-83(50-22-4,51-23-5)52-24-6,75-41-69-84(53-25-7,54-26-8)55-27-9)65-37-45-80-79-81-46-38-66-89(76-42-70-85(56-28-10,57-29-11)58-30-12,77-43-71-86(59-31-13,60-32-14)61-33-15)78-44-72-87(62-34-16,63-35-17)64-36-18/h19-78H2,1-18H3. The largest absolute Gasteiger partial charge is 0.226 e. The number of rotatable bonds is 68. The van der Waals surface area contributed by atoms with Crippen molar-refractivity contribution in [2.75, 3.05) is 13.1 Å². The molecule has 0 aromatic carbocycles. The lowest BCUT2D eigenvalue weighted by Gasteiger charge is -2.38. The molecule has 0 fully saturated rings. The van der Waals surface area contributed by atoms with E-state index in [0.29, 0.717) is 0 Å². The minimum Gasteiger partial charge on any atom is -0.226 e. The van der Waals surface area contributed by atoms with Crippen LogP contribution in [0, 0.1) is 0 Å². The van der Waals surface area contributed by atoms with Gasteiger partial charge in [0, 0.05) is 13.1 Å². The van der Waals surface area contributed by atoms with Gasteiger partial charge in [-0.15, -0.1) is 0 Å². The summed E-state index contributed by atoms with van der Waals surface area (Å²) in [7, 11) is -10.5. The smallest absolute Gasteiger partial charge is 0.0892 e. The Hall–Kier alpha value is 1.12. The summed E-state index contributed by atoms with van der Waals surface area (Å²) in [6.07, 6.45) is 37.7. The van der Waals surface area contributed by atoms with Crippen LogP contribution >= 0.6 is 0 Å². The molecule has 0 radical (unpaired) electrons. The third-order valence-electron chi connectivity index (χ3n) is 24.6. The molecular weight excluding hydrogens is 1200 g/mol. The summed E-state index contributed by atoms with van der Waals surface area (Å²) in [6.45, 7) is 47.4. The van der Waals surface area contributed by atoms with Crippen LogP contribution in [0.1, 0.15) is 292 Å². The van der Waals surface area contributed by atoms with Crippen molar-refractivity contribution >= 4 is 70.6 Å². The van der Waals surface area contributed by atoms with Gasteiger partial charge in [0.05, 0.1) is 70.6 Å². The van der Waals surface area contributed by atoms with Gasteiger partial charge in [-0.2, -0.15) is 0 Å². The Morgan fingerprint density at radius 3 is 0.360 bits per heavy atom. The quantitative estimate of drug-likeness (QED) is 0.0329. The Bertz CT molecular complexity index is 1270. The lowest BCUT2D eigenvalue weighted by atomic mass is 10.5. The minimum absolute atomic E-state index is 0.980. The second kappa shape index (κ2) is 55.0. The number of hydrogen-bond donors (Lipinski definition) is 0. The molecule has 532 valence electrons. The Morgan fingerprint density at radius 2 is 0.247 bits per heavy atom. The summed E-state index contributed by atoms with van der Waals surface area (Å²) < 4.78 is 0. The Labute approximate surface area is 574 Å². The predicted molar refractivity (Wildman–Crippen MR) is 442 cm³/mol. The van der Waals surface area contributed by atoms with Gasteiger partial charge in [-0.3, -0.25) is 0 Å². The Balaban J connectivity index is 7.54. The van der Waals surface area contributed by atoms with E-state index in [9.17, 15) is 0 Å². The van der Waals surface area contributed by atoms with Crippen molar-refractivity contribution < 1.29 is 0 Å². The highest BCUT2D eigenvalue weighted by atomic mass is 28.3. The fourth-order valence-corrected chi connectivity index (χ4v) is 67.9. The van der Waals surface area contributed by atoms with Crippen LogP contribution in [0.3, 0.4) is 0 Å². The molecule has 0 bridgehead atoms. The van der Waals surface area contributed by atoms with Crippen LogP contribution in [0.5, 0.6) is 0 Å². The zero-order chi connectivity index (χ0) is 66.5. The molecule has 0 aliphatic rings. The highest BCUT2D eigenvalue weighted by Crippen LogP contribution is 2.45. The molecule has 2 nitrogen and oxygen atoms in total. The van der Waals surface area contributed by atoms with E-state index in [4.69, 9.17) is 9.98 Å². The first-order chi connectivity index (χ1) is 43.0. The number of hydrogen-bond acceptors (Lipinski definition) is 2. The first kappa shape index (κ1) is 90.1. The van der Waals surface area contributed by atoms with E-state index in [-0.39, 0.29) is 0 Å². The maximum atomic E-state index is 5.22. The van der Waals surface area contributed by atoms with Gasteiger partial charge < -0.3 is 0 Å². The summed E-state index contributed by atoms with van der Waals surface area (Å²) in [6, 6.07) is 55.0. The molecule has 0 aliphatic heterocycles. The van der Waals surface area contributed by atoms with E-state index in [1.165, 1.54) is 128 Å². The van der Waals surface area contributed by atoms with Crippen molar-refractivity contribution in [3.63, 3.8) is 0 Å². The number of nitrogens with zero attached hydrogens (tertiary/aromatic N) is 2. The van der Waals surface area contributed by atoms with Crippen LogP contribution in [-0.2, 0) is 0 Å². The first-order valence-electron chi connectivity index (χ1n) is 42.1. The molecule has 0 rings (SSSR count). The molecular formula is C79H174N2Si8. The molecule has 0 N–H and O–H groups in total. The summed E-state index contributed by atoms with van der Waals surface area (Å²) in [5.41, 5.74) is 0. The molecule has 0 unspecified atom stereocenters. The molecule has 0 spiro atoms. The van der Waals surface area contributed by atoms with Crippen molar-refractivity contribution in [1.29, 1.82) is 0 Å². The summed E-state index contributed by atoms with van der Waals surface area (Å²) in [5, 5.41) is 0. The predicted octanol–water partition coefficient (Wildman–Crippen LogP) is 31.3. The normalized spacial score (nSPS) is 13.2. The Morgan fingerprint density at radius 1 is 0.146 bits per heavy atom. The van der Waals surface area contributed by atoms with E-state index in [2.05, 4.69) is 131 Å².